The Hall–Kier alpha value is -2.19. The summed E-state index contributed by atoms with van der Waals surface area (Å²) in [6.45, 7) is 6.68. The Bertz CT molecular complexity index is 987. The zero-order valence-electron chi connectivity index (χ0n) is 17.2. The molecule has 3 rings (SSSR count). The van der Waals surface area contributed by atoms with Crippen molar-refractivity contribution in [2.24, 2.45) is 5.41 Å². The highest BCUT2D eigenvalue weighted by Gasteiger charge is 2.24. The van der Waals surface area contributed by atoms with Crippen LogP contribution >= 0.6 is 11.8 Å². The molecule has 1 aliphatic rings. The molecule has 1 atom stereocenters. The molecule has 1 aliphatic heterocycles. The fraction of sp³-hybridized carbons (Fsp3) is 0.524. The van der Waals surface area contributed by atoms with E-state index in [2.05, 4.69) is 4.98 Å². The number of Topliss-reactive ketones (excluding diaryl/α,β-unsaturated/α-hetero) is 1. The van der Waals surface area contributed by atoms with Gasteiger partial charge in [0.05, 0.1) is 42.0 Å². The molecule has 7 nitrogen and oxygen atoms in total. The van der Waals surface area contributed by atoms with E-state index in [1.54, 1.807) is 22.8 Å². The zero-order chi connectivity index (χ0) is 21.2. The number of methoxy groups -OCH3 is 1. The molecule has 2 heterocycles. The summed E-state index contributed by atoms with van der Waals surface area (Å²) < 4.78 is 12.1. The number of fused-ring (bicyclic) bond motifs is 1. The Morgan fingerprint density at radius 2 is 2.10 bits per heavy atom. The van der Waals surface area contributed by atoms with Crippen LogP contribution in [0.2, 0.25) is 0 Å². The molecule has 0 radical (unpaired) electrons. The summed E-state index contributed by atoms with van der Waals surface area (Å²) in [5.74, 6) is -0.206. The topological polar surface area (TPSA) is 87.5 Å². The number of nitrogens with zero attached hydrogens (tertiary/aromatic N) is 2. The molecule has 1 fully saturated rings. The van der Waals surface area contributed by atoms with E-state index in [1.807, 2.05) is 20.8 Å². The van der Waals surface area contributed by atoms with Gasteiger partial charge in [0.1, 0.15) is 5.78 Å². The molecule has 0 bridgehead atoms. The van der Waals surface area contributed by atoms with Crippen LogP contribution in [0.25, 0.3) is 10.9 Å². The van der Waals surface area contributed by atoms with Crippen LogP contribution in [0.1, 0.15) is 44.0 Å². The highest BCUT2D eigenvalue weighted by Crippen LogP contribution is 2.25. The summed E-state index contributed by atoms with van der Waals surface area (Å²) in [5, 5.41) is 0.875. The maximum atomic E-state index is 13.2. The number of hydrogen-bond acceptors (Lipinski definition) is 7. The third-order valence-electron chi connectivity index (χ3n) is 4.92. The van der Waals surface area contributed by atoms with Crippen LogP contribution in [0.15, 0.2) is 28.2 Å². The summed E-state index contributed by atoms with van der Waals surface area (Å²) in [7, 11) is 1.30. The predicted octanol–water partition coefficient (Wildman–Crippen LogP) is 3.07. The van der Waals surface area contributed by atoms with Gasteiger partial charge in [0.2, 0.25) is 0 Å². The van der Waals surface area contributed by atoms with E-state index in [9.17, 15) is 14.4 Å². The van der Waals surface area contributed by atoms with E-state index >= 15 is 0 Å². The summed E-state index contributed by atoms with van der Waals surface area (Å²) >= 11 is 1.24. The Kier molecular flexibility index (Phi) is 6.43. The number of ether oxygens (including phenoxy) is 2. The van der Waals surface area contributed by atoms with Crippen molar-refractivity contribution in [1.82, 2.24) is 9.55 Å². The number of rotatable bonds is 6. The van der Waals surface area contributed by atoms with Crippen molar-refractivity contribution in [3.05, 3.63) is 34.1 Å². The first-order valence-electron chi connectivity index (χ1n) is 9.61. The monoisotopic (exact) mass is 418 g/mol. The van der Waals surface area contributed by atoms with Crippen molar-refractivity contribution in [3.63, 3.8) is 0 Å². The van der Waals surface area contributed by atoms with Gasteiger partial charge >= 0.3 is 5.97 Å². The molecule has 2 aromatic rings. The van der Waals surface area contributed by atoms with Gasteiger partial charge in [0.15, 0.2) is 5.16 Å². The number of esters is 1. The number of carbonyl (C=O) groups excluding carboxylic acids is 2. The standard InChI is InChI=1S/C21H26N2O5S/c1-21(2,3)17(24)12-29-20-22-16-10-13(19(26)27-4)7-8-15(16)18(25)23(20)11-14-6-5-9-28-14/h7-8,10,14H,5-6,9,11-12H2,1-4H3/t14-/m0/s1. The lowest BCUT2D eigenvalue weighted by Gasteiger charge is -2.19. The summed E-state index contributed by atoms with van der Waals surface area (Å²) in [6.07, 6.45) is 1.81. The molecule has 156 valence electrons. The first-order valence-corrected chi connectivity index (χ1v) is 10.6. The first-order chi connectivity index (χ1) is 13.7. The Balaban J connectivity index is 2.03. The fourth-order valence-corrected chi connectivity index (χ4v) is 4.22. The van der Waals surface area contributed by atoms with Gasteiger partial charge < -0.3 is 9.47 Å². The van der Waals surface area contributed by atoms with Crippen LogP contribution in [0.5, 0.6) is 0 Å². The number of hydrogen-bond donors (Lipinski definition) is 0. The minimum Gasteiger partial charge on any atom is -0.465 e. The van der Waals surface area contributed by atoms with Gasteiger partial charge in [0, 0.05) is 12.0 Å². The van der Waals surface area contributed by atoms with Crippen LogP contribution in [0.4, 0.5) is 0 Å². The highest BCUT2D eigenvalue weighted by molar-refractivity contribution is 7.99. The van der Waals surface area contributed by atoms with Gasteiger partial charge in [-0.1, -0.05) is 32.5 Å². The lowest BCUT2D eigenvalue weighted by Crippen LogP contribution is -2.29. The molecule has 0 spiro atoms. The van der Waals surface area contributed by atoms with Gasteiger partial charge in [-0.2, -0.15) is 0 Å². The number of carbonyl (C=O) groups is 2. The van der Waals surface area contributed by atoms with Crippen LogP contribution in [0.3, 0.4) is 0 Å². The first kappa shape index (κ1) is 21.5. The van der Waals surface area contributed by atoms with E-state index in [4.69, 9.17) is 9.47 Å². The summed E-state index contributed by atoms with van der Waals surface area (Å²) in [6, 6.07) is 4.70. The molecule has 0 amide bonds. The van der Waals surface area contributed by atoms with Crippen molar-refractivity contribution in [1.29, 1.82) is 0 Å². The number of benzene rings is 1. The van der Waals surface area contributed by atoms with Crippen LogP contribution < -0.4 is 5.56 Å². The molecular weight excluding hydrogens is 392 g/mol. The van der Waals surface area contributed by atoms with E-state index in [0.29, 0.717) is 34.8 Å². The molecular formula is C21H26N2O5S. The second-order valence-corrected chi connectivity index (χ2v) is 9.07. The van der Waals surface area contributed by atoms with Crippen molar-refractivity contribution in [2.75, 3.05) is 19.5 Å². The van der Waals surface area contributed by atoms with Gasteiger partial charge in [0.25, 0.3) is 5.56 Å². The molecule has 0 unspecified atom stereocenters. The summed E-state index contributed by atoms with van der Waals surface area (Å²) in [5.41, 5.74) is 0.0621. The normalized spacial score (nSPS) is 16.9. The predicted molar refractivity (Wildman–Crippen MR) is 112 cm³/mol. The maximum Gasteiger partial charge on any atom is 0.337 e. The van der Waals surface area contributed by atoms with Crippen molar-refractivity contribution in [3.8, 4) is 0 Å². The molecule has 29 heavy (non-hydrogen) atoms. The van der Waals surface area contributed by atoms with Crippen molar-refractivity contribution >= 4 is 34.4 Å². The number of aromatic nitrogens is 2. The highest BCUT2D eigenvalue weighted by atomic mass is 32.2. The minimum absolute atomic E-state index is 0.0426. The Morgan fingerprint density at radius 1 is 1.34 bits per heavy atom. The van der Waals surface area contributed by atoms with Gasteiger partial charge in [-0.3, -0.25) is 14.2 Å². The van der Waals surface area contributed by atoms with Crippen LogP contribution in [-0.2, 0) is 20.8 Å². The zero-order valence-corrected chi connectivity index (χ0v) is 18.0. The van der Waals surface area contributed by atoms with Crippen molar-refractivity contribution in [2.45, 2.75) is 51.4 Å². The summed E-state index contributed by atoms with van der Waals surface area (Å²) in [4.78, 5) is 42.1. The molecule has 0 saturated carbocycles. The lowest BCUT2D eigenvalue weighted by atomic mass is 9.92. The largest absolute Gasteiger partial charge is 0.465 e. The molecule has 1 aromatic heterocycles. The Morgan fingerprint density at radius 3 is 2.72 bits per heavy atom. The maximum absolute atomic E-state index is 13.2. The van der Waals surface area contributed by atoms with E-state index in [1.165, 1.54) is 18.9 Å². The number of ketones is 1. The average Bonchev–Trinajstić information content (AvgIpc) is 3.20. The van der Waals surface area contributed by atoms with Crippen LogP contribution in [-0.4, -0.2) is 46.9 Å². The van der Waals surface area contributed by atoms with E-state index < -0.39 is 11.4 Å². The van der Waals surface area contributed by atoms with Gasteiger partial charge in [-0.15, -0.1) is 0 Å². The van der Waals surface area contributed by atoms with Gasteiger partial charge in [-0.25, -0.2) is 9.78 Å². The number of thioether (sulfide) groups is 1. The second kappa shape index (κ2) is 8.67. The molecule has 1 aromatic carbocycles. The third-order valence-corrected chi connectivity index (χ3v) is 5.90. The third kappa shape index (κ3) is 4.87. The molecule has 0 N–H and O–H groups in total. The minimum atomic E-state index is -0.491. The molecule has 1 saturated heterocycles. The smallest absolute Gasteiger partial charge is 0.337 e. The van der Waals surface area contributed by atoms with E-state index in [-0.39, 0.29) is 23.2 Å². The van der Waals surface area contributed by atoms with Gasteiger partial charge in [-0.05, 0) is 31.0 Å². The lowest BCUT2D eigenvalue weighted by molar-refractivity contribution is -0.123. The Labute approximate surface area is 173 Å². The SMILES string of the molecule is COC(=O)c1ccc2c(=O)n(C[C@@H]3CCCO3)c(SCC(=O)C(C)(C)C)nc2c1. The average molecular weight is 419 g/mol. The van der Waals surface area contributed by atoms with E-state index in [0.717, 1.165) is 12.8 Å². The quantitative estimate of drug-likeness (QED) is 0.405. The van der Waals surface area contributed by atoms with Crippen molar-refractivity contribution < 1.29 is 19.1 Å². The molecule has 0 aliphatic carbocycles. The molecule has 8 heteroatoms. The second-order valence-electron chi connectivity index (χ2n) is 8.13. The van der Waals surface area contributed by atoms with Crippen LogP contribution in [0, 0.1) is 5.41 Å². The fourth-order valence-electron chi connectivity index (χ4n) is 3.06.